The Hall–Kier alpha value is -2.77. The van der Waals surface area contributed by atoms with Gasteiger partial charge in [0, 0.05) is 6.42 Å². The predicted octanol–water partition coefficient (Wildman–Crippen LogP) is -0.978. The Morgan fingerprint density at radius 3 is 1.64 bits per heavy atom. The third-order valence-corrected chi connectivity index (χ3v) is 5.49. The number of aliphatic carboxylic acids is 2. The first-order chi connectivity index (χ1) is 16.9. The van der Waals surface area contributed by atoms with E-state index in [-0.39, 0.29) is 25.2 Å². The van der Waals surface area contributed by atoms with Crippen molar-refractivity contribution < 1.29 is 34.2 Å². The zero-order valence-electron chi connectivity index (χ0n) is 21.3. The molecule has 0 aromatic rings. The number of hydrogen-bond donors (Lipinski definition) is 8. The summed E-state index contributed by atoms with van der Waals surface area (Å²) in [6, 6.07) is -4.39. The SMILES string of the molecule is CC(C)CC(NC(=O)C(CCC(=O)O)NC(=O)C(CCCCN)NC(=O)C(N)CCCCN)C(=O)O. The van der Waals surface area contributed by atoms with Crippen LogP contribution in [0, 0.1) is 5.92 Å². The Bertz CT molecular complexity index is 719. The summed E-state index contributed by atoms with van der Waals surface area (Å²) in [7, 11) is 0. The molecule has 0 spiro atoms. The van der Waals surface area contributed by atoms with E-state index in [9.17, 15) is 29.1 Å². The van der Waals surface area contributed by atoms with E-state index >= 15 is 0 Å². The number of unbranched alkanes of at least 4 members (excludes halogenated alkanes) is 2. The highest BCUT2D eigenvalue weighted by Gasteiger charge is 2.30. The summed E-state index contributed by atoms with van der Waals surface area (Å²) in [5.74, 6) is -4.51. The second-order valence-corrected chi connectivity index (χ2v) is 9.26. The van der Waals surface area contributed by atoms with Crippen LogP contribution in [0.2, 0.25) is 0 Å². The standard InChI is InChI=1S/C23H44N6O7/c1-14(2)13-18(23(35)36)29-22(34)17(9-10-19(30)31)28-21(33)16(8-4-6-12-25)27-20(32)15(26)7-3-5-11-24/h14-18H,3-13,24-26H2,1-2H3,(H,27,32)(H,28,33)(H,29,34)(H,30,31)(H,35,36). The fourth-order valence-corrected chi connectivity index (χ4v) is 3.45. The van der Waals surface area contributed by atoms with Crippen LogP contribution in [0.25, 0.3) is 0 Å². The molecule has 0 radical (unpaired) electrons. The maximum Gasteiger partial charge on any atom is 0.326 e. The second kappa shape index (κ2) is 18.5. The van der Waals surface area contributed by atoms with Gasteiger partial charge in [-0.15, -0.1) is 0 Å². The number of nitrogens with one attached hydrogen (secondary N) is 3. The summed E-state index contributed by atoms with van der Waals surface area (Å²) >= 11 is 0. The average Bonchev–Trinajstić information content (AvgIpc) is 2.79. The molecule has 13 nitrogen and oxygen atoms in total. The Balaban J connectivity index is 5.52. The lowest BCUT2D eigenvalue weighted by atomic mass is 10.0. The van der Waals surface area contributed by atoms with E-state index in [0.717, 1.165) is 0 Å². The minimum absolute atomic E-state index is 0.0327. The van der Waals surface area contributed by atoms with Gasteiger partial charge in [-0.1, -0.05) is 20.3 Å². The van der Waals surface area contributed by atoms with Gasteiger partial charge in [-0.3, -0.25) is 19.2 Å². The summed E-state index contributed by atoms with van der Waals surface area (Å²) in [6.45, 7) is 4.44. The quantitative estimate of drug-likeness (QED) is 0.0919. The largest absolute Gasteiger partial charge is 0.481 e. The molecule has 13 heteroatoms. The van der Waals surface area contributed by atoms with Crippen LogP contribution in [0.1, 0.15) is 71.6 Å². The molecule has 0 rings (SSSR count). The van der Waals surface area contributed by atoms with Gasteiger partial charge >= 0.3 is 11.9 Å². The summed E-state index contributed by atoms with van der Waals surface area (Å²) < 4.78 is 0. The number of nitrogens with two attached hydrogens (primary N) is 3. The van der Waals surface area contributed by atoms with Crippen molar-refractivity contribution in [3.05, 3.63) is 0 Å². The highest BCUT2D eigenvalue weighted by atomic mass is 16.4. The van der Waals surface area contributed by atoms with E-state index < -0.39 is 60.2 Å². The van der Waals surface area contributed by atoms with E-state index in [2.05, 4.69) is 16.0 Å². The zero-order valence-corrected chi connectivity index (χ0v) is 21.3. The lowest BCUT2D eigenvalue weighted by Gasteiger charge is -2.25. The minimum atomic E-state index is -1.31. The van der Waals surface area contributed by atoms with Crippen molar-refractivity contribution >= 4 is 29.7 Å². The molecule has 4 atom stereocenters. The Morgan fingerprint density at radius 2 is 1.17 bits per heavy atom. The van der Waals surface area contributed by atoms with Crippen LogP contribution in [0.5, 0.6) is 0 Å². The highest BCUT2D eigenvalue weighted by molar-refractivity contribution is 5.94. The second-order valence-electron chi connectivity index (χ2n) is 9.26. The molecule has 0 aliphatic heterocycles. The molecule has 0 aliphatic rings. The van der Waals surface area contributed by atoms with Gasteiger partial charge in [-0.25, -0.2) is 4.79 Å². The normalized spacial score (nSPS) is 14.4. The monoisotopic (exact) mass is 516 g/mol. The number of rotatable bonds is 20. The molecule has 0 saturated carbocycles. The summed E-state index contributed by atoms with van der Waals surface area (Å²) in [4.78, 5) is 61.1. The first-order valence-electron chi connectivity index (χ1n) is 12.4. The minimum Gasteiger partial charge on any atom is -0.481 e. The fourth-order valence-electron chi connectivity index (χ4n) is 3.45. The molecule has 11 N–H and O–H groups in total. The van der Waals surface area contributed by atoms with Gasteiger partial charge in [0.15, 0.2) is 0 Å². The molecular weight excluding hydrogens is 472 g/mol. The van der Waals surface area contributed by atoms with Crippen molar-refractivity contribution in [1.29, 1.82) is 0 Å². The summed E-state index contributed by atoms with van der Waals surface area (Å²) in [6.07, 6.45) is 2.53. The summed E-state index contributed by atoms with van der Waals surface area (Å²) in [5.41, 5.74) is 16.9. The highest BCUT2D eigenvalue weighted by Crippen LogP contribution is 2.09. The molecule has 0 fully saturated rings. The van der Waals surface area contributed by atoms with Gasteiger partial charge in [0.25, 0.3) is 0 Å². The van der Waals surface area contributed by atoms with E-state index in [1.165, 1.54) is 0 Å². The van der Waals surface area contributed by atoms with E-state index in [1.807, 2.05) is 0 Å². The number of carboxylic acid groups (broad SMARTS) is 2. The van der Waals surface area contributed by atoms with Crippen molar-refractivity contribution in [2.45, 2.75) is 95.8 Å². The van der Waals surface area contributed by atoms with Gasteiger partial charge in [-0.2, -0.15) is 0 Å². The first kappa shape index (κ1) is 33.2. The van der Waals surface area contributed by atoms with E-state index in [1.54, 1.807) is 13.8 Å². The van der Waals surface area contributed by atoms with E-state index in [0.29, 0.717) is 45.2 Å². The molecule has 0 aliphatic carbocycles. The maximum atomic E-state index is 13.1. The summed E-state index contributed by atoms with van der Waals surface area (Å²) in [5, 5.41) is 25.9. The van der Waals surface area contributed by atoms with Gasteiger partial charge < -0.3 is 43.4 Å². The third-order valence-electron chi connectivity index (χ3n) is 5.49. The van der Waals surface area contributed by atoms with Gasteiger partial charge in [0.2, 0.25) is 17.7 Å². The first-order valence-corrected chi connectivity index (χ1v) is 12.4. The average molecular weight is 517 g/mol. The number of amides is 3. The van der Waals surface area contributed by atoms with Crippen LogP contribution in [0.4, 0.5) is 0 Å². The molecule has 3 amide bonds. The maximum absolute atomic E-state index is 13.1. The predicted molar refractivity (Wildman–Crippen MR) is 134 cm³/mol. The molecule has 208 valence electrons. The number of hydrogen-bond acceptors (Lipinski definition) is 8. The van der Waals surface area contributed by atoms with Crippen LogP contribution in [-0.4, -0.2) is 77.1 Å². The van der Waals surface area contributed by atoms with Crippen LogP contribution >= 0.6 is 0 Å². The van der Waals surface area contributed by atoms with Crippen LogP contribution in [-0.2, 0) is 24.0 Å². The van der Waals surface area contributed by atoms with Crippen molar-refractivity contribution in [3.63, 3.8) is 0 Å². The number of carboxylic acids is 2. The Morgan fingerprint density at radius 1 is 0.694 bits per heavy atom. The molecule has 0 bridgehead atoms. The molecule has 0 aromatic carbocycles. The smallest absolute Gasteiger partial charge is 0.326 e. The zero-order chi connectivity index (χ0) is 27.7. The number of carbonyl (C=O) groups is 5. The lowest BCUT2D eigenvalue weighted by Crippen LogP contribution is -2.57. The van der Waals surface area contributed by atoms with Crippen LogP contribution in [0.3, 0.4) is 0 Å². The van der Waals surface area contributed by atoms with Crippen molar-refractivity contribution in [3.8, 4) is 0 Å². The molecule has 0 saturated heterocycles. The van der Waals surface area contributed by atoms with Crippen molar-refractivity contribution in [1.82, 2.24) is 16.0 Å². The van der Waals surface area contributed by atoms with Crippen LogP contribution < -0.4 is 33.2 Å². The molecule has 0 aromatic heterocycles. The Kier molecular flexibility index (Phi) is 17.1. The van der Waals surface area contributed by atoms with Gasteiger partial charge in [-0.05, 0) is 64.0 Å². The van der Waals surface area contributed by atoms with Gasteiger partial charge in [0.1, 0.15) is 18.1 Å². The van der Waals surface area contributed by atoms with Crippen LogP contribution in [0.15, 0.2) is 0 Å². The molecule has 36 heavy (non-hydrogen) atoms. The Labute approximate surface area is 212 Å². The third kappa shape index (κ3) is 14.6. The van der Waals surface area contributed by atoms with Crippen molar-refractivity contribution in [2.75, 3.05) is 13.1 Å². The van der Waals surface area contributed by atoms with E-state index in [4.69, 9.17) is 22.3 Å². The number of carbonyl (C=O) groups excluding carboxylic acids is 3. The molecule has 0 heterocycles. The molecular formula is C23H44N6O7. The molecule has 4 unspecified atom stereocenters. The lowest BCUT2D eigenvalue weighted by molar-refractivity contribution is -0.143. The fraction of sp³-hybridized carbons (Fsp3) is 0.783. The topological polar surface area (TPSA) is 240 Å². The van der Waals surface area contributed by atoms with Crippen molar-refractivity contribution in [2.24, 2.45) is 23.1 Å². The van der Waals surface area contributed by atoms with Gasteiger partial charge in [0.05, 0.1) is 6.04 Å².